The van der Waals surface area contributed by atoms with Crippen LogP contribution in [0.1, 0.15) is 49.4 Å². The lowest BCUT2D eigenvalue weighted by Gasteiger charge is -2.30. The molecule has 0 aliphatic carbocycles. The van der Waals surface area contributed by atoms with E-state index < -0.39 is 24.1 Å². The number of aryl methyl sites for hydroxylation is 2. The predicted octanol–water partition coefficient (Wildman–Crippen LogP) is 8.15. The zero-order chi connectivity index (χ0) is 30.1. The number of nitrogens with one attached hydrogen (secondary N) is 2. The van der Waals surface area contributed by atoms with Crippen LogP contribution >= 0.6 is 15.9 Å². The molecule has 0 fully saturated rings. The lowest BCUT2D eigenvalue weighted by atomic mass is 9.84. The molecule has 214 valence electrons. The molecule has 0 spiro atoms. The summed E-state index contributed by atoms with van der Waals surface area (Å²) < 4.78 is 44.5. The molecule has 0 saturated heterocycles. The second kappa shape index (κ2) is 11.4. The Morgan fingerprint density at radius 1 is 0.833 bits per heavy atom. The van der Waals surface area contributed by atoms with Gasteiger partial charge in [-0.3, -0.25) is 9.59 Å². The van der Waals surface area contributed by atoms with Crippen LogP contribution in [0.5, 0.6) is 0 Å². The molecule has 0 radical (unpaired) electrons. The van der Waals surface area contributed by atoms with Crippen LogP contribution < -0.4 is 10.6 Å². The Hall–Kier alpha value is -4.44. The monoisotopic (exact) mass is 635 g/mol. The molecule has 1 atom stereocenters. The average Bonchev–Trinajstić information content (AvgIpc) is 3.43. The number of oxime groups is 1. The van der Waals surface area contributed by atoms with Gasteiger partial charge < -0.3 is 15.5 Å². The third-order valence-corrected chi connectivity index (χ3v) is 7.55. The van der Waals surface area contributed by atoms with E-state index in [1.807, 2.05) is 0 Å². The van der Waals surface area contributed by atoms with E-state index in [1.165, 1.54) is 18.2 Å². The Morgan fingerprint density at radius 2 is 1.45 bits per heavy atom. The van der Waals surface area contributed by atoms with Crippen LogP contribution in [0.2, 0.25) is 0 Å². The van der Waals surface area contributed by atoms with E-state index >= 15 is 0 Å². The van der Waals surface area contributed by atoms with E-state index in [0.717, 1.165) is 4.47 Å². The third kappa shape index (κ3) is 5.80. The van der Waals surface area contributed by atoms with Crippen LogP contribution in [0.4, 0.5) is 24.5 Å². The number of carbonyl (C=O) groups is 2. The molecule has 1 heterocycles. The van der Waals surface area contributed by atoms with Gasteiger partial charge in [-0.25, -0.2) is 0 Å². The van der Waals surface area contributed by atoms with E-state index in [9.17, 15) is 22.8 Å². The molecular weight excluding hydrogens is 611 g/mol. The first-order valence-electron chi connectivity index (χ1n) is 12.9. The minimum absolute atomic E-state index is 0.107. The van der Waals surface area contributed by atoms with Gasteiger partial charge in [-0.15, -0.1) is 0 Å². The first-order chi connectivity index (χ1) is 20.0. The molecule has 0 bridgehead atoms. The minimum Gasteiger partial charge on any atom is -0.374 e. The topological polar surface area (TPSA) is 79.8 Å². The maximum atomic E-state index is 14.6. The maximum absolute atomic E-state index is 14.6. The Balaban J connectivity index is 1.37. The smallest absolute Gasteiger partial charge is 0.374 e. The standard InChI is InChI=1S/C32H25BrF3N3O3/c1-19-15-24(31(32(34,35)36)18-27(39-42-31)21-11-13-25(33)14-12-21)16-20(2)28(19)38-30(41)23-9-6-10-26(17-23)37-29(40)22-7-4-3-5-8-22/h3-17H,18H2,1-2H3,(H,37,40)(H,38,41). The van der Waals surface area contributed by atoms with Crippen LogP contribution in [-0.2, 0) is 10.4 Å². The average molecular weight is 636 g/mol. The summed E-state index contributed by atoms with van der Waals surface area (Å²) in [6.07, 6.45) is -5.26. The number of amides is 2. The highest BCUT2D eigenvalue weighted by molar-refractivity contribution is 9.10. The molecular formula is C32H25BrF3N3O3. The van der Waals surface area contributed by atoms with Gasteiger partial charge in [0.15, 0.2) is 0 Å². The normalized spacial score (nSPS) is 16.4. The highest BCUT2D eigenvalue weighted by Gasteiger charge is 2.62. The highest BCUT2D eigenvalue weighted by atomic mass is 79.9. The van der Waals surface area contributed by atoms with Crippen molar-refractivity contribution in [2.45, 2.75) is 32.0 Å². The van der Waals surface area contributed by atoms with Gasteiger partial charge in [-0.2, -0.15) is 13.2 Å². The summed E-state index contributed by atoms with van der Waals surface area (Å²) in [6, 6.07) is 24.6. The molecule has 0 aromatic heterocycles. The number of hydrogen-bond donors (Lipinski definition) is 2. The number of anilines is 2. The SMILES string of the molecule is Cc1cc(C2(C(F)(F)F)CC(c3ccc(Br)cc3)=NO2)cc(C)c1NC(=O)c1cccc(NC(=O)c2ccccc2)c1. The lowest BCUT2D eigenvalue weighted by molar-refractivity contribution is -0.275. The van der Waals surface area contributed by atoms with Crippen LogP contribution in [0.25, 0.3) is 0 Å². The fourth-order valence-electron chi connectivity index (χ4n) is 4.81. The number of halogens is 4. The summed E-state index contributed by atoms with van der Waals surface area (Å²) >= 11 is 3.32. The van der Waals surface area contributed by atoms with Gasteiger partial charge in [0, 0.05) is 39.0 Å². The molecule has 1 aliphatic heterocycles. The van der Waals surface area contributed by atoms with Gasteiger partial charge in [0.1, 0.15) is 0 Å². The Labute approximate surface area is 248 Å². The number of hydrogen-bond acceptors (Lipinski definition) is 4. The number of carbonyl (C=O) groups excluding carboxylic acids is 2. The maximum Gasteiger partial charge on any atom is 0.435 e. The summed E-state index contributed by atoms with van der Waals surface area (Å²) in [4.78, 5) is 30.9. The first-order valence-corrected chi connectivity index (χ1v) is 13.7. The zero-order valence-electron chi connectivity index (χ0n) is 22.6. The molecule has 2 amide bonds. The summed E-state index contributed by atoms with van der Waals surface area (Å²) in [6.45, 7) is 3.25. The molecule has 2 N–H and O–H groups in total. The van der Waals surface area contributed by atoms with E-state index in [-0.39, 0.29) is 22.7 Å². The van der Waals surface area contributed by atoms with Gasteiger partial charge >= 0.3 is 6.18 Å². The summed E-state index contributed by atoms with van der Waals surface area (Å²) in [7, 11) is 0. The van der Waals surface area contributed by atoms with Crippen molar-refractivity contribution in [1.29, 1.82) is 0 Å². The quantitative estimate of drug-likeness (QED) is 0.224. The lowest BCUT2D eigenvalue weighted by Crippen LogP contribution is -2.42. The molecule has 6 nitrogen and oxygen atoms in total. The van der Waals surface area contributed by atoms with Crippen molar-refractivity contribution >= 4 is 44.8 Å². The van der Waals surface area contributed by atoms with E-state index in [0.29, 0.717) is 33.6 Å². The number of benzene rings is 4. The van der Waals surface area contributed by atoms with E-state index in [2.05, 4.69) is 31.7 Å². The summed E-state index contributed by atoms with van der Waals surface area (Å²) in [5.41, 5.74) is 0.337. The Morgan fingerprint density at radius 3 is 2.10 bits per heavy atom. The molecule has 42 heavy (non-hydrogen) atoms. The molecule has 4 aromatic carbocycles. The van der Waals surface area contributed by atoms with Crippen molar-refractivity contribution in [1.82, 2.24) is 0 Å². The van der Waals surface area contributed by atoms with Crippen molar-refractivity contribution in [2.24, 2.45) is 5.16 Å². The van der Waals surface area contributed by atoms with Crippen molar-refractivity contribution in [2.75, 3.05) is 10.6 Å². The Bertz CT molecular complexity index is 1670. The number of alkyl halides is 3. The third-order valence-electron chi connectivity index (χ3n) is 7.02. The van der Waals surface area contributed by atoms with Crippen LogP contribution in [0.15, 0.2) is 101 Å². The van der Waals surface area contributed by atoms with Crippen molar-refractivity contribution in [3.63, 3.8) is 0 Å². The van der Waals surface area contributed by atoms with Gasteiger partial charge in [-0.05, 0) is 85.1 Å². The van der Waals surface area contributed by atoms with Gasteiger partial charge in [0.2, 0.25) is 0 Å². The molecule has 1 unspecified atom stereocenters. The zero-order valence-corrected chi connectivity index (χ0v) is 24.1. The molecule has 0 saturated carbocycles. The highest BCUT2D eigenvalue weighted by Crippen LogP contribution is 2.49. The second-order valence-electron chi connectivity index (χ2n) is 9.98. The first kappa shape index (κ1) is 29.1. The summed E-state index contributed by atoms with van der Waals surface area (Å²) in [5.74, 6) is -0.802. The predicted molar refractivity (Wildman–Crippen MR) is 159 cm³/mol. The molecule has 4 aromatic rings. The molecule has 10 heteroatoms. The summed E-state index contributed by atoms with van der Waals surface area (Å²) in [5, 5.41) is 9.40. The largest absolute Gasteiger partial charge is 0.435 e. The van der Waals surface area contributed by atoms with Gasteiger partial charge in [0.05, 0.1) is 5.71 Å². The van der Waals surface area contributed by atoms with Crippen molar-refractivity contribution in [3.05, 3.63) is 129 Å². The molecule has 1 aliphatic rings. The van der Waals surface area contributed by atoms with Crippen LogP contribution in [-0.4, -0.2) is 23.7 Å². The van der Waals surface area contributed by atoms with E-state index in [1.54, 1.807) is 86.6 Å². The van der Waals surface area contributed by atoms with Gasteiger partial charge in [-0.1, -0.05) is 57.5 Å². The van der Waals surface area contributed by atoms with Crippen molar-refractivity contribution in [3.8, 4) is 0 Å². The van der Waals surface area contributed by atoms with Crippen molar-refractivity contribution < 1.29 is 27.6 Å². The number of nitrogens with zero attached hydrogens (tertiary/aromatic N) is 1. The Kier molecular flexibility index (Phi) is 7.92. The second-order valence-corrected chi connectivity index (χ2v) is 10.9. The fraction of sp³-hybridized carbons (Fsp3) is 0.156. The van der Waals surface area contributed by atoms with Crippen LogP contribution in [0.3, 0.4) is 0 Å². The molecule has 5 rings (SSSR count). The number of rotatable bonds is 6. The van der Waals surface area contributed by atoms with Gasteiger partial charge in [0.25, 0.3) is 17.4 Å². The fourth-order valence-corrected chi connectivity index (χ4v) is 5.08. The van der Waals surface area contributed by atoms with E-state index in [4.69, 9.17) is 4.84 Å². The minimum atomic E-state index is -4.76. The van der Waals surface area contributed by atoms with Crippen LogP contribution in [0, 0.1) is 13.8 Å².